The average Bonchev–Trinajstić information content (AvgIpc) is 2.53. The molecule has 0 atom stereocenters. The van der Waals surface area contributed by atoms with E-state index in [1.807, 2.05) is 31.2 Å². The van der Waals surface area contributed by atoms with Gasteiger partial charge in [-0.15, -0.1) is 0 Å². The Morgan fingerprint density at radius 2 is 1.95 bits per heavy atom. The quantitative estimate of drug-likeness (QED) is 0.341. The fourth-order valence-corrected chi connectivity index (χ4v) is 2.30. The van der Waals surface area contributed by atoms with E-state index in [-0.39, 0.29) is 5.84 Å². The Bertz CT molecular complexity index is 650. The second-order valence-corrected chi connectivity index (χ2v) is 4.99. The lowest BCUT2D eigenvalue weighted by molar-refractivity contribution is 0.318. The van der Waals surface area contributed by atoms with Gasteiger partial charge in [0.05, 0.1) is 0 Å². The third-order valence-corrected chi connectivity index (χ3v) is 3.61. The largest absolute Gasteiger partial charge is 0.409 e. The van der Waals surface area contributed by atoms with Gasteiger partial charge in [0, 0.05) is 17.8 Å². The molecule has 0 aromatic heterocycles. The first-order valence-electron chi connectivity index (χ1n) is 7.05. The first kappa shape index (κ1) is 14.9. The Morgan fingerprint density at radius 1 is 1.19 bits per heavy atom. The molecule has 0 bridgehead atoms. The molecule has 21 heavy (non-hydrogen) atoms. The molecule has 4 N–H and O–H groups in total. The molecule has 0 radical (unpaired) electrons. The standard InChI is InChI=1S/C17H21N3O/c1-3-13-6-4-5-7-16(13)19-11-15-9-8-14(10-12(15)2)17(18)20-21/h4-10,19,21H,3,11H2,1-2H3,(H2,18,20). The number of nitrogens with zero attached hydrogens (tertiary/aromatic N) is 1. The molecule has 0 spiro atoms. The van der Waals surface area contributed by atoms with Crippen molar-refractivity contribution < 1.29 is 5.21 Å². The number of amidine groups is 1. The third-order valence-electron chi connectivity index (χ3n) is 3.61. The van der Waals surface area contributed by atoms with Crippen molar-refractivity contribution in [1.29, 1.82) is 0 Å². The van der Waals surface area contributed by atoms with Gasteiger partial charge in [-0.2, -0.15) is 0 Å². The van der Waals surface area contributed by atoms with Gasteiger partial charge in [0.2, 0.25) is 0 Å². The van der Waals surface area contributed by atoms with E-state index < -0.39 is 0 Å². The van der Waals surface area contributed by atoms with Crippen molar-refractivity contribution in [2.24, 2.45) is 10.9 Å². The molecule has 0 fully saturated rings. The summed E-state index contributed by atoms with van der Waals surface area (Å²) in [6.45, 7) is 4.92. The summed E-state index contributed by atoms with van der Waals surface area (Å²) in [4.78, 5) is 0. The number of benzene rings is 2. The van der Waals surface area contributed by atoms with Gasteiger partial charge in [0.25, 0.3) is 0 Å². The maximum atomic E-state index is 8.71. The lowest BCUT2D eigenvalue weighted by Crippen LogP contribution is -2.13. The van der Waals surface area contributed by atoms with Crippen LogP contribution in [0.1, 0.15) is 29.2 Å². The average molecular weight is 283 g/mol. The molecule has 0 aliphatic heterocycles. The molecule has 0 aliphatic rings. The highest BCUT2D eigenvalue weighted by molar-refractivity contribution is 5.97. The van der Waals surface area contributed by atoms with Crippen molar-refractivity contribution in [2.75, 3.05) is 5.32 Å². The van der Waals surface area contributed by atoms with Crippen LogP contribution < -0.4 is 11.1 Å². The van der Waals surface area contributed by atoms with E-state index in [1.165, 1.54) is 16.8 Å². The Morgan fingerprint density at radius 3 is 2.62 bits per heavy atom. The lowest BCUT2D eigenvalue weighted by atomic mass is 10.0. The van der Waals surface area contributed by atoms with E-state index in [4.69, 9.17) is 10.9 Å². The van der Waals surface area contributed by atoms with E-state index in [1.54, 1.807) is 0 Å². The summed E-state index contributed by atoms with van der Waals surface area (Å²) in [7, 11) is 0. The van der Waals surface area contributed by atoms with Crippen molar-refractivity contribution in [3.8, 4) is 0 Å². The smallest absolute Gasteiger partial charge is 0.170 e. The first-order valence-corrected chi connectivity index (χ1v) is 7.05. The Balaban J connectivity index is 2.14. The van der Waals surface area contributed by atoms with Crippen LogP contribution >= 0.6 is 0 Å². The van der Waals surface area contributed by atoms with Crippen molar-refractivity contribution in [3.05, 3.63) is 64.7 Å². The number of aryl methyl sites for hydroxylation is 2. The van der Waals surface area contributed by atoms with E-state index in [9.17, 15) is 0 Å². The summed E-state index contributed by atoms with van der Waals surface area (Å²) in [5, 5.41) is 15.2. The summed E-state index contributed by atoms with van der Waals surface area (Å²) in [6.07, 6.45) is 1.00. The highest BCUT2D eigenvalue weighted by Crippen LogP contribution is 2.18. The van der Waals surface area contributed by atoms with Crippen molar-refractivity contribution in [3.63, 3.8) is 0 Å². The van der Waals surface area contributed by atoms with Gasteiger partial charge >= 0.3 is 0 Å². The number of rotatable bonds is 5. The van der Waals surface area contributed by atoms with Gasteiger partial charge in [0.15, 0.2) is 5.84 Å². The minimum atomic E-state index is 0.133. The number of hydrogen-bond acceptors (Lipinski definition) is 3. The molecule has 2 aromatic rings. The molecule has 0 saturated carbocycles. The zero-order chi connectivity index (χ0) is 15.2. The highest BCUT2D eigenvalue weighted by Gasteiger charge is 2.05. The molecular formula is C17H21N3O. The SMILES string of the molecule is CCc1ccccc1NCc1ccc(/C(N)=N/O)cc1C. The fourth-order valence-electron chi connectivity index (χ4n) is 2.30. The first-order chi connectivity index (χ1) is 10.2. The van der Waals surface area contributed by atoms with Crippen molar-refractivity contribution >= 4 is 11.5 Å². The van der Waals surface area contributed by atoms with Crippen LogP contribution in [0.3, 0.4) is 0 Å². The summed E-state index contributed by atoms with van der Waals surface area (Å²) in [5.74, 6) is 0.133. The van der Waals surface area contributed by atoms with Crippen LogP contribution in [-0.4, -0.2) is 11.0 Å². The molecule has 2 rings (SSSR count). The monoisotopic (exact) mass is 283 g/mol. The van der Waals surface area contributed by atoms with Gasteiger partial charge in [-0.3, -0.25) is 0 Å². The number of oxime groups is 1. The second kappa shape index (κ2) is 6.79. The van der Waals surface area contributed by atoms with Crippen LogP contribution in [-0.2, 0) is 13.0 Å². The number of hydrogen-bond donors (Lipinski definition) is 3. The van der Waals surface area contributed by atoms with Gasteiger partial charge in [-0.1, -0.05) is 42.4 Å². The van der Waals surface area contributed by atoms with E-state index >= 15 is 0 Å². The maximum Gasteiger partial charge on any atom is 0.170 e. The molecule has 0 unspecified atom stereocenters. The van der Waals surface area contributed by atoms with Gasteiger partial charge in [0.1, 0.15) is 0 Å². The van der Waals surface area contributed by atoms with Crippen LogP contribution in [0, 0.1) is 6.92 Å². The molecule has 0 heterocycles. The topological polar surface area (TPSA) is 70.6 Å². The second-order valence-electron chi connectivity index (χ2n) is 4.99. The number of anilines is 1. The van der Waals surface area contributed by atoms with E-state index in [0.717, 1.165) is 24.1 Å². The summed E-state index contributed by atoms with van der Waals surface area (Å²) in [6, 6.07) is 14.1. The molecule has 0 amide bonds. The van der Waals surface area contributed by atoms with Crippen molar-refractivity contribution in [2.45, 2.75) is 26.8 Å². The Labute approximate surface area is 125 Å². The van der Waals surface area contributed by atoms with Crippen LogP contribution in [0.25, 0.3) is 0 Å². The lowest BCUT2D eigenvalue weighted by Gasteiger charge is -2.13. The van der Waals surface area contributed by atoms with Crippen molar-refractivity contribution in [1.82, 2.24) is 0 Å². The zero-order valence-corrected chi connectivity index (χ0v) is 12.4. The van der Waals surface area contributed by atoms with Gasteiger partial charge in [-0.05, 0) is 42.2 Å². The van der Waals surface area contributed by atoms with E-state index in [2.05, 4.69) is 35.6 Å². The Kier molecular flexibility index (Phi) is 4.82. The molecular weight excluding hydrogens is 262 g/mol. The normalized spacial score (nSPS) is 11.4. The van der Waals surface area contributed by atoms with Crippen LogP contribution in [0.2, 0.25) is 0 Å². The molecule has 2 aromatic carbocycles. The van der Waals surface area contributed by atoms with Crippen LogP contribution in [0.15, 0.2) is 47.6 Å². The number of nitrogens with two attached hydrogens (primary N) is 1. The predicted octanol–water partition coefficient (Wildman–Crippen LogP) is 3.26. The highest BCUT2D eigenvalue weighted by atomic mass is 16.4. The zero-order valence-electron chi connectivity index (χ0n) is 12.4. The van der Waals surface area contributed by atoms with Gasteiger partial charge in [-0.25, -0.2) is 0 Å². The Hall–Kier alpha value is -2.49. The predicted molar refractivity (Wildman–Crippen MR) is 86.8 cm³/mol. The third kappa shape index (κ3) is 3.54. The number of para-hydroxylation sites is 1. The minimum Gasteiger partial charge on any atom is -0.409 e. The van der Waals surface area contributed by atoms with Crippen LogP contribution in [0.5, 0.6) is 0 Å². The molecule has 110 valence electrons. The summed E-state index contributed by atoms with van der Waals surface area (Å²) in [5.41, 5.74) is 11.1. The molecule has 4 nitrogen and oxygen atoms in total. The van der Waals surface area contributed by atoms with E-state index in [0.29, 0.717) is 0 Å². The van der Waals surface area contributed by atoms with Crippen LogP contribution in [0.4, 0.5) is 5.69 Å². The summed E-state index contributed by atoms with van der Waals surface area (Å²) < 4.78 is 0. The summed E-state index contributed by atoms with van der Waals surface area (Å²) >= 11 is 0. The number of nitrogens with one attached hydrogen (secondary N) is 1. The molecule has 4 heteroatoms. The fraction of sp³-hybridized carbons (Fsp3) is 0.235. The molecule has 0 saturated heterocycles. The maximum absolute atomic E-state index is 8.71. The van der Waals surface area contributed by atoms with Gasteiger partial charge < -0.3 is 16.3 Å². The molecule has 0 aliphatic carbocycles. The minimum absolute atomic E-state index is 0.133.